The molecule has 2 saturated heterocycles. The standard InChI is InChI=1S/C21H33N5O3/c27-21(23-18-5-6-20(22-17-18)25-11-15-29-16-12-25)26(19-3-1-2-4-19)8-7-24-9-13-28-14-10-24/h5-6,17,19H,1-4,7-16H2,(H,23,27). The molecule has 3 aliphatic rings. The van der Waals surface area contributed by atoms with Gasteiger partial charge in [0.25, 0.3) is 0 Å². The summed E-state index contributed by atoms with van der Waals surface area (Å²) in [4.78, 5) is 24.3. The van der Waals surface area contributed by atoms with Gasteiger partial charge in [-0.3, -0.25) is 4.90 Å². The van der Waals surface area contributed by atoms with Gasteiger partial charge in [0, 0.05) is 45.3 Å². The van der Waals surface area contributed by atoms with Crippen LogP contribution in [0.2, 0.25) is 0 Å². The Labute approximate surface area is 173 Å². The van der Waals surface area contributed by atoms with E-state index in [1.807, 2.05) is 17.0 Å². The second-order valence-electron chi connectivity index (χ2n) is 8.02. The lowest BCUT2D eigenvalue weighted by molar-refractivity contribution is 0.0337. The second-order valence-corrected chi connectivity index (χ2v) is 8.02. The minimum atomic E-state index is -0.00826. The van der Waals surface area contributed by atoms with Crippen molar-refractivity contribution >= 4 is 17.5 Å². The lowest BCUT2D eigenvalue weighted by Gasteiger charge is -2.33. The maximum absolute atomic E-state index is 13.1. The molecule has 0 radical (unpaired) electrons. The minimum Gasteiger partial charge on any atom is -0.379 e. The van der Waals surface area contributed by atoms with Crippen LogP contribution in [0.4, 0.5) is 16.3 Å². The Bertz CT molecular complexity index is 638. The van der Waals surface area contributed by atoms with Crippen molar-refractivity contribution in [3.8, 4) is 0 Å². The smallest absolute Gasteiger partial charge is 0.322 e. The summed E-state index contributed by atoms with van der Waals surface area (Å²) in [5.74, 6) is 0.936. The Kier molecular flexibility index (Phi) is 7.18. The number of amides is 2. The number of hydrogen-bond acceptors (Lipinski definition) is 6. The Balaban J connectivity index is 1.34. The summed E-state index contributed by atoms with van der Waals surface area (Å²) in [6.07, 6.45) is 6.39. The number of anilines is 2. The fraction of sp³-hybridized carbons (Fsp3) is 0.714. The Morgan fingerprint density at radius 1 is 1.07 bits per heavy atom. The first kappa shape index (κ1) is 20.4. The molecule has 29 heavy (non-hydrogen) atoms. The van der Waals surface area contributed by atoms with Gasteiger partial charge in [-0.2, -0.15) is 0 Å². The molecule has 0 bridgehead atoms. The van der Waals surface area contributed by atoms with Gasteiger partial charge >= 0.3 is 6.03 Å². The zero-order chi connectivity index (χ0) is 19.9. The number of morpholine rings is 2. The maximum Gasteiger partial charge on any atom is 0.322 e. The van der Waals surface area contributed by atoms with Crippen LogP contribution < -0.4 is 10.2 Å². The van der Waals surface area contributed by atoms with Crippen LogP contribution >= 0.6 is 0 Å². The molecule has 1 N–H and O–H groups in total. The van der Waals surface area contributed by atoms with Crippen molar-refractivity contribution < 1.29 is 14.3 Å². The molecule has 2 amide bonds. The maximum atomic E-state index is 13.1. The molecular weight excluding hydrogens is 370 g/mol. The number of aromatic nitrogens is 1. The van der Waals surface area contributed by atoms with E-state index >= 15 is 0 Å². The van der Waals surface area contributed by atoms with E-state index in [9.17, 15) is 4.79 Å². The minimum absolute atomic E-state index is 0.00826. The molecule has 0 unspecified atom stereocenters. The van der Waals surface area contributed by atoms with Crippen LogP contribution in [0.15, 0.2) is 18.3 Å². The van der Waals surface area contributed by atoms with Gasteiger partial charge in [-0.1, -0.05) is 12.8 Å². The zero-order valence-corrected chi connectivity index (χ0v) is 17.2. The summed E-state index contributed by atoms with van der Waals surface area (Å²) >= 11 is 0. The van der Waals surface area contributed by atoms with Crippen LogP contribution in [0.1, 0.15) is 25.7 Å². The first-order valence-electron chi connectivity index (χ1n) is 11.0. The molecule has 0 spiro atoms. The molecule has 1 aromatic rings. The molecule has 1 aliphatic carbocycles. The van der Waals surface area contributed by atoms with Gasteiger partial charge in [0.2, 0.25) is 0 Å². The van der Waals surface area contributed by atoms with E-state index in [-0.39, 0.29) is 6.03 Å². The van der Waals surface area contributed by atoms with Crippen molar-refractivity contribution in [3.63, 3.8) is 0 Å². The number of carbonyl (C=O) groups excluding carboxylic acids is 1. The monoisotopic (exact) mass is 403 g/mol. The van der Waals surface area contributed by atoms with E-state index in [2.05, 4.69) is 20.1 Å². The van der Waals surface area contributed by atoms with E-state index in [0.29, 0.717) is 6.04 Å². The highest BCUT2D eigenvalue weighted by Gasteiger charge is 2.27. The molecule has 0 aromatic carbocycles. The van der Waals surface area contributed by atoms with E-state index in [1.54, 1.807) is 6.20 Å². The zero-order valence-electron chi connectivity index (χ0n) is 17.2. The van der Waals surface area contributed by atoms with Gasteiger partial charge < -0.3 is 24.6 Å². The molecule has 2 aliphatic heterocycles. The van der Waals surface area contributed by atoms with Gasteiger partial charge in [0.1, 0.15) is 5.82 Å². The third-order valence-electron chi connectivity index (χ3n) is 6.12. The second kappa shape index (κ2) is 10.2. The van der Waals surface area contributed by atoms with Crippen molar-refractivity contribution in [3.05, 3.63) is 18.3 Å². The average Bonchev–Trinajstić information content (AvgIpc) is 3.30. The predicted octanol–water partition coefficient (Wildman–Crippen LogP) is 2.03. The van der Waals surface area contributed by atoms with Gasteiger partial charge in [-0.05, 0) is 25.0 Å². The van der Waals surface area contributed by atoms with Crippen LogP contribution in [-0.2, 0) is 9.47 Å². The number of nitrogens with zero attached hydrogens (tertiary/aromatic N) is 4. The molecule has 0 atom stereocenters. The highest BCUT2D eigenvalue weighted by atomic mass is 16.5. The Morgan fingerprint density at radius 2 is 1.76 bits per heavy atom. The number of carbonyl (C=O) groups is 1. The average molecular weight is 404 g/mol. The molecule has 4 rings (SSSR count). The quantitative estimate of drug-likeness (QED) is 0.784. The summed E-state index contributed by atoms with van der Waals surface area (Å²) < 4.78 is 10.8. The summed E-state index contributed by atoms with van der Waals surface area (Å²) in [7, 11) is 0. The van der Waals surface area contributed by atoms with Gasteiger partial charge in [-0.15, -0.1) is 0 Å². The molecule has 3 heterocycles. The Morgan fingerprint density at radius 3 is 2.41 bits per heavy atom. The van der Waals surface area contributed by atoms with E-state index in [0.717, 1.165) is 90.0 Å². The summed E-state index contributed by atoms with van der Waals surface area (Å²) in [5.41, 5.74) is 0.751. The van der Waals surface area contributed by atoms with Crippen molar-refractivity contribution in [1.82, 2.24) is 14.8 Å². The number of pyridine rings is 1. The first-order chi connectivity index (χ1) is 14.3. The predicted molar refractivity (Wildman–Crippen MR) is 113 cm³/mol. The van der Waals surface area contributed by atoms with Gasteiger partial charge in [-0.25, -0.2) is 9.78 Å². The lowest BCUT2D eigenvalue weighted by Crippen LogP contribution is -2.47. The van der Waals surface area contributed by atoms with Crippen molar-refractivity contribution in [2.24, 2.45) is 0 Å². The van der Waals surface area contributed by atoms with E-state index < -0.39 is 0 Å². The fourth-order valence-corrected chi connectivity index (χ4v) is 4.37. The lowest BCUT2D eigenvalue weighted by atomic mass is 10.2. The molecule has 1 saturated carbocycles. The topological polar surface area (TPSA) is 70.2 Å². The fourth-order valence-electron chi connectivity index (χ4n) is 4.37. The van der Waals surface area contributed by atoms with Crippen molar-refractivity contribution in [2.45, 2.75) is 31.7 Å². The van der Waals surface area contributed by atoms with Crippen LogP contribution in [-0.4, -0.2) is 92.6 Å². The first-order valence-corrected chi connectivity index (χ1v) is 11.0. The Hall–Kier alpha value is -1.90. The summed E-state index contributed by atoms with van der Waals surface area (Å²) in [6, 6.07) is 4.27. The molecule has 3 fully saturated rings. The van der Waals surface area contributed by atoms with Crippen LogP contribution in [0.5, 0.6) is 0 Å². The van der Waals surface area contributed by atoms with Crippen molar-refractivity contribution in [1.29, 1.82) is 0 Å². The van der Waals surface area contributed by atoms with Gasteiger partial charge in [0.05, 0.1) is 38.3 Å². The number of hydrogen-bond donors (Lipinski definition) is 1. The number of ether oxygens (including phenoxy) is 2. The largest absolute Gasteiger partial charge is 0.379 e. The van der Waals surface area contributed by atoms with E-state index in [1.165, 1.54) is 12.8 Å². The van der Waals surface area contributed by atoms with Crippen LogP contribution in [0, 0.1) is 0 Å². The number of rotatable bonds is 6. The molecule has 1 aromatic heterocycles. The third kappa shape index (κ3) is 5.58. The van der Waals surface area contributed by atoms with Crippen LogP contribution in [0.3, 0.4) is 0 Å². The third-order valence-corrected chi connectivity index (χ3v) is 6.12. The van der Waals surface area contributed by atoms with Crippen LogP contribution in [0.25, 0.3) is 0 Å². The van der Waals surface area contributed by atoms with Gasteiger partial charge in [0.15, 0.2) is 0 Å². The molecule has 8 heteroatoms. The summed E-state index contributed by atoms with van der Waals surface area (Å²) in [5, 5.41) is 3.07. The highest BCUT2D eigenvalue weighted by molar-refractivity contribution is 5.89. The summed E-state index contributed by atoms with van der Waals surface area (Å²) in [6.45, 7) is 8.33. The van der Waals surface area contributed by atoms with Crippen molar-refractivity contribution in [2.75, 3.05) is 75.9 Å². The molecular formula is C21H33N5O3. The number of nitrogens with one attached hydrogen (secondary N) is 1. The SMILES string of the molecule is O=C(Nc1ccc(N2CCOCC2)nc1)N(CCN1CCOCC1)C1CCCC1. The number of urea groups is 1. The molecule has 160 valence electrons. The highest BCUT2D eigenvalue weighted by Crippen LogP contribution is 2.24. The van der Waals surface area contributed by atoms with E-state index in [4.69, 9.17) is 9.47 Å². The molecule has 8 nitrogen and oxygen atoms in total. The normalized spacial score (nSPS) is 21.3.